The maximum Gasteiger partial charge on any atom is 0.269 e. The number of hydrogen-bond acceptors (Lipinski definition) is 4. The van der Waals surface area contributed by atoms with Gasteiger partial charge in [-0.25, -0.2) is 0 Å². The average Bonchev–Trinajstić information content (AvgIpc) is 2.35. The van der Waals surface area contributed by atoms with Gasteiger partial charge in [-0.05, 0) is 32.4 Å². The first-order valence-corrected chi connectivity index (χ1v) is 5.80. The van der Waals surface area contributed by atoms with E-state index in [-0.39, 0.29) is 11.1 Å². The predicted octanol–water partition coefficient (Wildman–Crippen LogP) is 2.62. The minimum absolute atomic E-state index is 0.103. The van der Waals surface area contributed by atoms with Crippen molar-refractivity contribution in [2.75, 3.05) is 6.54 Å². The molecule has 1 rings (SSSR count). The van der Waals surface area contributed by atoms with E-state index in [2.05, 4.69) is 11.4 Å². The molecule has 5 nitrogen and oxygen atoms in total. The topological polar surface area (TPSA) is 79.0 Å². The molecule has 5 heteroatoms. The molecule has 0 radical (unpaired) electrons. The predicted molar refractivity (Wildman–Crippen MR) is 68.8 cm³/mol. The molecule has 0 saturated heterocycles. The average molecular weight is 247 g/mol. The van der Waals surface area contributed by atoms with E-state index in [1.165, 1.54) is 6.07 Å². The first-order chi connectivity index (χ1) is 8.44. The number of nitrogens with one attached hydrogen (secondary N) is 1. The van der Waals surface area contributed by atoms with Gasteiger partial charge in [0, 0.05) is 18.7 Å². The lowest BCUT2D eigenvalue weighted by Crippen LogP contribution is -2.21. The van der Waals surface area contributed by atoms with Crippen molar-refractivity contribution in [1.82, 2.24) is 5.32 Å². The second-order valence-electron chi connectivity index (χ2n) is 4.85. The van der Waals surface area contributed by atoms with Crippen molar-refractivity contribution in [3.8, 4) is 6.07 Å². The summed E-state index contributed by atoms with van der Waals surface area (Å²) in [6.07, 6.45) is 0.748. The highest BCUT2D eigenvalue weighted by Gasteiger charge is 2.15. The molecule has 0 aliphatic heterocycles. The number of benzene rings is 1. The van der Waals surface area contributed by atoms with E-state index in [4.69, 9.17) is 5.26 Å². The van der Waals surface area contributed by atoms with E-state index in [1.54, 1.807) is 12.1 Å². The highest BCUT2D eigenvalue weighted by Crippen LogP contribution is 2.17. The number of non-ortho nitro benzene ring substituents is 1. The van der Waals surface area contributed by atoms with Gasteiger partial charge in [-0.3, -0.25) is 10.1 Å². The fourth-order valence-electron chi connectivity index (χ4n) is 1.47. The first-order valence-electron chi connectivity index (χ1n) is 5.80. The van der Waals surface area contributed by atoms with Crippen LogP contribution in [0.25, 0.3) is 0 Å². The van der Waals surface area contributed by atoms with Gasteiger partial charge in [0.1, 0.15) is 0 Å². The van der Waals surface area contributed by atoms with Crippen LogP contribution in [-0.2, 0) is 6.54 Å². The number of nitro groups is 1. The Morgan fingerprint density at radius 2 is 2.22 bits per heavy atom. The van der Waals surface area contributed by atoms with E-state index in [0.29, 0.717) is 13.1 Å². The standard InChI is InChI=1S/C13H17N3O2/c1-13(2,10-14)6-7-15-9-11-4-3-5-12(8-11)16(17)18/h3-5,8,15H,6-7,9H2,1-2H3. The van der Waals surface area contributed by atoms with Gasteiger partial charge < -0.3 is 5.32 Å². The van der Waals surface area contributed by atoms with Gasteiger partial charge in [0.15, 0.2) is 0 Å². The third kappa shape index (κ3) is 4.52. The quantitative estimate of drug-likeness (QED) is 0.476. The summed E-state index contributed by atoms with van der Waals surface area (Å²) in [7, 11) is 0. The van der Waals surface area contributed by atoms with Gasteiger partial charge in [-0.2, -0.15) is 5.26 Å². The first kappa shape index (κ1) is 14.1. The number of nitrogens with zero attached hydrogens (tertiary/aromatic N) is 2. The molecule has 0 amide bonds. The number of hydrogen-bond donors (Lipinski definition) is 1. The van der Waals surface area contributed by atoms with Crippen LogP contribution in [-0.4, -0.2) is 11.5 Å². The molecule has 96 valence electrons. The van der Waals surface area contributed by atoms with Crippen LogP contribution in [0.2, 0.25) is 0 Å². The van der Waals surface area contributed by atoms with Crippen LogP contribution in [0.15, 0.2) is 24.3 Å². The maximum absolute atomic E-state index is 10.6. The number of rotatable bonds is 6. The summed E-state index contributed by atoms with van der Waals surface area (Å²) >= 11 is 0. The second kappa shape index (κ2) is 6.12. The highest BCUT2D eigenvalue weighted by atomic mass is 16.6. The van der Waals surface area contributed by atoms with Gasteiger partial charge in [0.05, 0.1) is 16.4 Å². The summed E-state index contributed by atoms with van der Waals surface area (Å²) < 4.78 is 0. The summed E-state index contributed by atoms with van der Waals surface area (Å²) in [5.41, 5.74) is 0.640. The van der Waals surface area contributed by atoms with Crippen molar-refractivity contribution < 1.29 is 4.92 Å². The van der Waals surface area contributed by atoms with Crippen molar-refractivity contribution in [1.29, 1.82) is 5.26 Å². The third-order valence-electron chi connectivity index (χ3n) is 2.68. The Labute approximate surface area is 107 Å². The fourth-order valence-corrected chi connectivity index (χ4v) is 1.47. The summed E-state index contributed by atoms with van der Waals surface area (Å²) in [6.45, 7) is 5.07. The molecule has 0 atom stereocenters. The smallest absolute Gasteiger partial charge is 0.269 e. The Morgan fingerprint density at radius 3 is 2.83 bits per heavy atom. The Bertz CT molecular complexity index is 464. The van der Waals surface area contributed by atoms with E-state index >= 15 is 0 Å². The Hall–Kier alpha value is -1.93. The van der Waals surface area contributed by atoms with Crippen molar-refractivity contribution in [3.05, 3.63) is 39.9 Å². The lowest BCUT2D eigenvalue weighted by molar-refractivity contribution is -0.384. The molecule has 0 fully saturated rings. The molecule has 1 aromatic rings. The zero-order valence-electron chi connectivity index (χ0n) is 10.6. The van der Waals surface area contributed by atoms with E-state index in [0.717, 1.165) is 12.0 Å². The Kier molecular flexibility index (Phi) is 4.81. The summed E-state index contributed by atoms with van der Waals surface area (Å²) in [4.78, 5) is 10.2. The molecule has 0 aliphatic rings. The second-order valence-corrected chi connectivity index (χ2v) is 4.85. The number of nitriles is 1. The summed E-state index contributed by atoms with van der Waals surface area (Å²) in [5, 5.41) is 22.6. The van der Waals surface area contributed by atoms with Crippen molar-refractivity contribution in [2.45, 2.75) is 26.8 Å². The van der Waals surface area contributed by atoms with Crippen LogP contribution in [0.5, 0.6) is 0 Å². The van der Waals surface area contributed by atoms with Crippen LogP contribution < -0.4 is 5.32 Å². The van der Waals surface area contributed by atoms with Crippen LogP contribution in [0.1, 0.15) is 25.8 Å². The fraction of sp³-hybridized carbons (Fsp3) is 0.462. The van der Waals surface area contributed by atoms with Gasteiger partial charge in [0.25, 0.3) is 5.69 Å². The molecule has 0 bridgehead atoms. The zero-order chi connectivity index (χ0) is 13.6. The van der Waals surface area contributed by atoms with Gasteiger partial charge in [-0.15, -0.1) is 0 Å². The van der Waals surface area contributed by atoms with Crippen molar-refractivity contribution in [3.63, 3.8) is 0 Å². The number of nitro benzene ring substituents is 1. The van der Waals surface area contributed by atoms with E-state index < -0.39 is 4.92 Å². The molecule has 0 aromatic heterocycles. The molecule has 0 unspecified atom stereocenters. The third-order valence-corrected chi connectivity index (χ3v) is 2.68. The monoisotopic (exact) mass is 247 g/mol. The normalized spacial score (nSPS) is 10.9. The van der Waals surface area contributed by atoms with Gasteiger partial charge in [0.2, 0.25) is 0 Å². The lowest BCUT2D eigenvalue weighted by Gasteiger charge is -2.14. The molecule has 1 aromatic carbocycles. The van der Waals surface area contributed by atoms with Crippen molar-refractivity contribution in [2.24, 2.45) is 5.41 Å². The minimum atomic E-state index is -0.401. The van der Waals surface area contributed by atoms with E-state index in [1.807, 2.05) is 19.9 Å². The Morgan fingerprint density at radius 1 is 1.50 bits per heavy atom. The lowest BCUT2D eigenvalue weighted by atomic mass is 9.91. The van der Waals surface area contributed by atoms with Crippen molar-refractivity contribution >= 4 is 5.69 Å². The van der Waals surface area contributed by atoms with Gasteiger partial charge >= 0.3 is 0 Å². The van der Waals surface area contributed by atoms with Crippen LogP contribution in [0.4, 0.5) is 5.69 Å². The van der Waals surface area contributed by atoms with Gasteiger partial charge in [-0.1, -0.05) is 12.1 Å². The highest BCUT2D eigenvalue weighted by molar-refractivity contribution is 5.34. The minimum Gasteiger partial charge on any atom is -0.313 e. The zero-order valence-corrected chi connectivity index (χ0v) is 10.6. The largest absolute Gasteiger partial charge is 0.313 e. The summed E-state index contributed by atoms with van der Waals surface area (Å²) in [5.74, 6) is 0. The van der Waals surface area contributed by atoms with Crippen LogP contribution in [0.3, 0.4) is 0 Å². The molecule has 0 heterocycles. The molecule has 1 N–H and O–H groups in total. The molecule has 18 heavy (non-hydrogen) atoms. The summed E-state index contributed by atoms with van der Waals surface area (Å²) in [6, 6.07) is 8.78. The molecular weight excluding hydrogens is 230 g/mol. The molecular formula is C13H17N3O2. The molecule has 0 saturated carbocycles. The Balaban J connectivity index is 2.43. The van der Waals surface area contributed by atoms with E-state index in [9.17, 15) is 10.1 Å². The maximum atomic E-state index is 10.6. The molecule has 0 aliphatic carbocycles. The SMILES string of the molecule is CC(C)(C#N)CCNCc1cccc([N+](=O)[O-])c1. The van der Waals surface area contributed by atoms with Crippen LogP contribution in [0, 0.1) is 26.9 Å². The molecule has 0 spiro atoms. The van der Waals surface area contributed by atoms with Crippen LogP contribution >= 0.6 is 0 Å².